The first-order valence-electron chi connectivity index (χ1n) is 7.32. The molecule has 4 heteroatoms. The van der Waals surface area contributed by atoms with Crippen molar-refractivity contribution < 1.29 is 0 Å². The van der Waals surface area contributed by atoms with Gasteiger partial charge in [0.05, 0.1) is 5.69 Å². The summed E-state index contributed by atoms with van der Waals surface area (Å²) >= 11 is 2.13. The second-order valence-corrected chi connectivity index (χ2v) is 7.95. The lowest BCUT2D eigenvalue weighted by Gasteiger charge is -2.22. The summed E-state index contributed by atoms with van der Waals surface area (Å²) in [4.78, 5) is 0. The number of aromatic nitrogens is 2. The summed E-state index contributed by atoms with van der Waals surface area (Å²) in [6, 6.07) is 0. The van der Waals surface area contributed by atoms with E-state index in [-0.39, 0.29) is 5.41 Å². The van der Waals surface area contributed by atoms with Crippen LogP contribution in [0.2, 0.25) is 0 Å². The Hall–Kier alpha value is -0.480. The molecule has 0 aromatic carbocycles. The van der Waals surface area contributed by atoms with Crippen LogP contribution >= 0.6 is 11.8 Å². The fourth-order valence-electron chi connectivity index (χ4n) is 2.63. The first-order chi connectivity index (χ1) is 8.97. The van der Waals surface area contributed by atoms with Crippen LogP contribution in [0.1, 0.15) is 51.3 Å². The highest BCUT2D eigenvalue weighted by molar-refractivity contribution is 7.99. The van der Waals surface area contributed by atoms with Crippen molar-refractivity contribution in [3.8, 4) is 0 Å². The minimum atomic E-state index is 0.123. The molecule has 1 aromatic rings. The van der Waals surface area contributed by atoms with Gasteiger partial charge in [-0.1, -0.05) is 27.2 Å². The number of nitrogens with zero attached hydrogens (tertiary/aromatic N) is 2. The molecule has 0 aliphatic carbocycles. The predicted octanol–water partition coefficient (Wildman–Crippen LogP) is 3.09. The molecule has 3 nitrogen and oxygen atoms in total. The molecule has 1 fully saturated rings. The molecular formula is C15H27N3S. The van der Waals surface area contributed by atoms with Gasteiger partial charge < -0.3 is 5.32 Å². The van der Waals surface area contributed by atoms with E-state index < -0.39 is 0 Å². The van der Waals surface area contributed by atoms with Gasteiger partial charge in [0.25, 0.3) is 0 Å². The van der Waals surface area contributed by atoms with E-state index in [1.165, 1.54) is 36.3 Å². The summed E-state index contributed by atoms with van der Waals surface area (Å²) < 4.78 is 1.94. The van der Waals surface area contributed by atoms with Gasteiger partial charge in [-0.15, -0.1) is 0 Å². The lowest BCUT2D eigenvalue weighted by atomic mass is 9.89. The van der Waals surface area contributed by atoms with Crippen molar-refractivity contribution in [3.05, 3.63) is 17.5 Å². The lowest BCUT2D eigenvalue weighted by Crippen LogP contribution is -2.27. The maximum Gasteiger partial charge on any atom is 0.0722 e. The quantitative estimate of drug-likeness (QED) is 0.920. The van der Waals surface area contributed by atoms with Crippen LogP contribution in [0.5, 0.6) is 0 Å². The Kier molecular flexibility index (Phi) is 4.96. The number of hydrogen-bond acceptors (Lipinski definition) is 3. The Bertz CT molecular complexity index is 400. The predicted molar refractivity (Wildman–Crippen MR) is 83.7 cm³/mol. The van der Waals surface area contributed by atoms with Crippen molar-refractivity contribution in [1.29, 1.82) is 0 Å². The molecule has 1 atom stereocenters. The molecular weight excluding hydrogens is 254 g/mol. The summed E-state index contributed by atoms with van der Waals surface area (Å²) in [5.41, 5.74) is 2.69. The average molecular weight is 281 g/mol. The van der Waals surface area contributed by atoms with Crippen LogP contribution in [0.25, 0.3) is 0 Å². The van der Waals surface area contributed by atoms with E-state index in [1.54, 1.807) is 0 Å². The van der Waals surface area contributed by atoms with Gasteiger partial charge in [0.15, 0.2) is 0 Å². The molecule has 0 bridgehead atoms. The Labute approximate surface area is 121 Å². The summed E-state index contributed by atoms with van der Waals surface area (Å²) in [5, 5.41) is 9.05. The minimum Gasteiger partial charge on any atom is -0.311 e. The second-order valence-electron chi connectivity index (χ2n) is 6.55. The van der Waals surface area contributed by atoms with Gasteiger partial charge in [-0.25, -0.2) is 0 Å². The Balaban J connectivity index is 1.88. The normalized spacial score (nSPS) is 20.7. The van der Waals surface area contributed by atoms with E-state index in [2.05, 4.69) is 49.1 Å². The Morgan fingerprint density at radius 3 is 2.84 bits per heavy atom. The third-order valence-corrected chi connectivity index (χ3v) is 4.97. The molecule has 1 N–H and O–H groups in total. The van der Waals surface area contributed by atoms with Crippen LogP contribution in [0.15, 0.2) is 6.20 Å². The third kappa shape index (κ3) is 4.25. The van der Waals surface area contributed by atoms with E-state index in [1.807, 2.05) is 11.7 Å². The van der Waals surface area contributed by atoms with Crippen molar-refractivity contribution in [1.82, 2.24) is 15.1 Å². The zero-order valence-electron chi connectivity index (χ0n) is 12.7. The van der Waals surface area contributed by atoms with E-state index >= 15 is 0 Å². The van der Waals surface area contributed by atoms with Crippen molar-refractivity contribution in [3.63, 3.8) is 0 Å². The molecule has 1 aliphatic heterocycles. The van der Waals surface area contributed by atoms with Gasteiger partial charge in [0.1, 0.15) is 0 Å². The van der Waals surface area contributed by atoms with Gasteiger partial charge in [0, 0.05) is 42.6 Å². The molecule has 2 heterocycles. The van der Waals surface area contributed by atoms with Crippen LogP contribution in [0, 0.1) is 0 Å². The molecule has 0 spiro atoms. The van der Waals surface area contributed by atoms with Gasteiger partial charge in [-0.2, -0.15) is 16.9 Å². The van der Waals surface area contributed by atoms with Gasteiger partial charge in [-0.3, -0.25) is 4.68 Å². The zero-order chi connectivity index (χ0) is 13.9. The minimum absolute atomic E-state index is 0.123. The molecule has 2 rings (SSSR count). The fraction of sp³-hybridized carbons (Fsp3) is 0.800. The summed E-state index contributed by atoms with van der Waals surface area (Å²) in [6.07, 6.45) is 6.33. The maximum atomic E-state index is 4.62. The molecule has 108 valence electrons. The molecule has 0 radical (unpaired) electrons. The molecule has 1 saturated heterocycles. The van der Waals surface area contributed by atoms with Crippen LogP contribution in [0.4, 0.5) is 0 Å². The SMILES string of the molecule is Cn1cc(CNCC2CCCCS2)c(C(C)(C)C)n1. The average Bonchev–Trinajstić information content (AvgIpc) is 2.72. The first kappa shape index (κ1) is 14.9. The van der Waals surface area contributed by atoms with E-state index in [9.17, 15) is 0 Å². The summed E-state index contributed by atoms with van der Waals surface area (Å²) in [6.45, 7) is 8.77. The first-order valence-corrected chi connectivity index (χ1v) is 8.37. The zero-order valence-corrected chi connectivity index (χ0v) is 13.5. The van der Waals surface area contributed by atoms with Gasteiger partial charge >= 0.3 is 0 Å². The van der Waals surface area contributed by atoms with Crippen LogP contribution < -0.4 is 5.32 Å². The molecule has 1 aliphatic rings. The lowest BCUT2D eigenvalue weighted by molar-refractivity contribution is 0.540. The highest BCUT2D eigenvalue weighted by Gasteiger charge is 2.22. The van der Waals surface area contributed by atoms with E-state index in [0.29, 0.717) is 0 Å². The molecule has 0 saturated carbocycles. The Morgan fingerprint density at radius 2 is 2.21 bits per heavy atom. The van der Waals surface area contributed by atoms with E-state index in [4.69, 9.17) is 0 Å². The maximum absolute atomic E-state index is 4.62. The smallest absolute Gasteiger partial charge is 0.0722 e. The standard InChI is InChI=1S/C15H27N3S/c1-15(2,3)14-12(11-18(4)17-14)9-16-10-13-7-5-6-8-19-13/h11,13,16H,5-10H2,1-4H3. The summed E-state index contributed by atoms with van der Waals surface area (Å²) in [7, 11) is 2.01. The van der Waals surface area contributed by atoms with Crippen LogP contribution in [-0.2, 0) is 19.0 Å². The van der Waals surface area contributed by atoms with Gasteiger partial charge in [0.2, 0.25) is 0 Å². The topological polar surface area (TPSA) is 29.9 Å². The van der Waals surface area contributed by atoms with Crippen molar-refractivity contribution >= 4 is 11.8 Å². The second kappa shape index (κ2) is 6.31. The third-order valence-electron chi connectivity index (χ3n) is 3.58. The highest BCUT2D eigenvalue weighted by atomic mass is 32.2. The number of hydrogen-bond donors (Lipinski definition) is 1. The number of rotatable bonds is 4. The largest absolute Gasteiger partial charge is 0.311 e. The van der Waals surface area contributed by atoms with E-state index in [0.717, 1.165) is 18.3 Å². The molecule has 1 unspecified atom stereocenters. The van der Waals surface area contributed by atoms with Gasteiger partial charge in [-0.05, 0) is 18.6 Å². The Morgan fingerprint density at radius 1 is 1.42 bits per heavy atom. The number of nitrogens with one attached hydrogen (secondary N) is 1. The van der Waals surface area contributed by atoms with Crippen LogP contribution in [0.3, 0.4) is 0 Å². The van der Waals surface area contributed by atoms with Crippen LogP contribution in [-0.4, -0.2) is 27.3 Å². The number of aryl methyl sites for hydroxylation is 1. The monoisotopic (exact) mass is 281 g/mol. The molecule has 1 aromatic heterocycles. The number of thioether (sulfide) groups is 1. The summed E-state index contributed by atoms with van der Waals surface area (Å²) in [5.74, 6) is 1.34. The fourth-order valence-corrected chi connectivity index (χ4v) is 3.91. The van der Waals surface area contributed by atoms with Crippen molar-refractivity contribution in [2.75, 3.05) is 12.3 Å². The molecule has 19 heavy (non-hydrogen) atoms. The van der Waals surface area contributed by atoms with Crippen molar-refractivity contribution in [2.24, 2.45) is 7.05 Å². The highest BCUT2D eigenvalue weighted by Crippen LogP contribution is 2.26. The molecule has 0 amide bonds. The van der Waals surface area contributed by atoms with Crippen molar-refractivity contribution in [2.45, 2.75) is 57.2 Å².